The molecule has 2 N–H and O–H groups in total. The fourth-order valence-corrected chi connectivity index (χ4v) is 1.10. The topological polar surface area (TPSA) is 63.9 Å². The van der Waals surface area contributed by atoms with Crippen molar-refractivity contribution in [3.05, 3.63) is 29.8 Å². The minimum atomic E-state index is -0.925. The maximum Gasteiger partial charge on any atom is 0.298 e. The van der Waals surface area contributed by atoms with Crippen LogP contribution in [-0.4, -0.2) is 12.2 Å². The standard InChI is InChI=1S/C8H9NO3/c1-11-8(9-12-8)6-4-2-3-5-7(6)10/h2-5,9-10H,1H3. The third-order valence-electron chi connectivity index (χ3n) is 1.83. The lowest BCUT2D eigenvalue weighted by atomic mass is 10.1. The van der Waals surface area contributed by atoms with E-state index in [0.29, 0.717) is 5.56 Å². The minimum Gasteiger partial charge on any atom is -0.507 e. The molecule has 1 aliphatic heterocycles. The summed E-state index contributed by atoms with van der Waals surface area (Å²) in [6.45, 7) is 0. The first kappa shape index (κ1) is 7.54. The Morgan fingerprint density at radius 2 is 2.17 bits per heavy atom. The Balaban J connectivity index is 2.40. The van der Waals surface area contributed by atoms with Gasteiger partial charge in [0.1, 0.15) is 5.75 Å². The predicted octanol–water partition coefficient (Wildman–Crippen LogP) is 0.684. The molecule has 0 aliphatic carbocycles. The molecule has 0 amide bonds. The molecular weight excluding hydrogens is 158 g/mol. The van der Waals surface area contributed by atoms with Crippen molar-refractivity contribution in [2.75, 3.05) is 7.11 Å². The number of phenolic OH excluding ortho intramolecular Hbond substituents is 1. The largest absolute Gasteiger partial charge is 0.507 e. The molecule has 64 valence electrons. The Hall–Kier alpha value is -1.10. The Labute approximate surface area is 69.7 Å². The van der Waals surface area contributed by atoms with Crippen LogP contribution in [0.1, 0.15) is 5.56 Å². The third-order valence-corrected chi connectivity index (χ3v) is 1.83. The highest BCUT2D eigenvalue weighted by atomic mass is 16.9. The van der Waals surface area contributed by atoms with Gasteiger partial charge in [0.25, 0.3) is 5.91 Å². The summed E-state index contributed by atoms with van der Waals surface area (Å²) in [6.07, 6.45) is 0. The van der Waals surface area contributed by atoms with Crippen LogP contribution in [0.25, 0.3) is 0 Å². The minimum absolute atomic E-state index is 0.157. The number of benzene rings is 1. The van der Waals surface area contributed by atoms with Gasteiger partial charge in [0.05, 0.1) is 5.56 Å². The zero-order valence-electron chi connectivity index (χ0n) is 6.57. The number of hydroxylamine groups is 1. The molecule has 1 fully saturated rings. The van der Waals surface area contributed by atoms with Gasteiger partial charge in [-0.15, -0.1) is 5.48 Å². The van der Waals surface area contributed by atoms with E-state index in [1.807, 2.05) is 0 Å². The highest BCUT2D eigenvalue weighted by molar-refractivity contribution is 5.36. The molecule has 0 radical (unpaired) electrons. The molecule has 2 rings (SSSR count). The van der Waals surface area contributed by atoms with Gasteiger partial charge in [-0.3, -0.25) is 0 Å². The smallest absolute Gasteiger partial charge is 0.298 e. The lowest BCUT2D eigenvalue weighted by molar-refractivity contribution is -0.0159. The number of ether oxygens (including phenoxy) is 1. The van der Waals surface area contributed by atoms with Crippen LogP contribution in [0.2, 0.25) is 0 Å². The Kier molecular flexibility index (Phi) is 1.54. The third kappa shape index (κ3) is 0.972. The van der Waals surface area contributed by atoms with Crippen LogP contribution >= 0.6 is 0 Å². The molecule has 1 aromatic carbocycles. The van der Waals surface area contributed by atoms with Gasteiger partial charge in [-0.25, -0.2) is 4.84 Å². The second kappa shape index (κ2) is 2.45. The van der Waals surface area contributed by atoms with Gasteiger partial charge in [0.2, 0.25) is 0 Å². The quantitative estimate of drug-likeness (QED) is 0.636. The number of rotatable bonds is 2. The second-order valence-electron chi connectivity index (χ2n) is 2.54. The summed E-state index contributed by atoms with van der Waals surface area (Å²) in [7, 11) is 1.51. The number of hydrogen-bond acceptors (Lipinski definition) is 4. The zero-order valence-corrected chi connectivity index (χ0v) is 6.57. The van der Waals surface area contributed by atoms with E-state index in [1.54, 1.807) is 24.3 Å². The summed E-state index contributed by atoms with van der Waals surface area (Å²) >= 11 is 0. The molecule has 1 unspecified atom stereocenters. The van der Waals surface area contributed by atoms with Crippen molar-refractivity contribution in [3.63, 3.8) is 0 Å². The highest BCUT2D eigenvalue weighted by Crippen LogP contribution is 2.37. The Bertz CT molecular complexity index is 296. The Morgan fingerprint density at radius 1 is 1.50 bits per heavy atom. The highest BCUT2D eigenvalue weighted by Gasteiger charge is 2.49. The maximum absolute atomic E-state index is 9.42. The van der Waals surface area contributed by atoms with Gasteiger partial charge in [0, 0.05) is 7.11 Å². The predicted molar refractivity (Wildman–Crippen MR) is 41.0 cm³/mol. The number of methoxy groups -OCH3 is 1. The van der Waals surface area contributed by atoms with Gasteiger partial charge in [0.15, 0.2) is 0 Å². The van der Waals surface area contributed by atoms with Crippen molar-refractivity contribution < 1.29 is 14.7 Å². The summed E-state index contributed by atoms with van der Waals surface area (Å²) < 4.78 is 5.02. The molecule has 0 aromatic heterocycles. The van der Waals surface area contributed by atoms with Crippen molar-refractivity contribution in [1.82, 2.24) is 5.48 Å². The number of phenols is 1. The fourth-order valence-electron chi connectivity index (χ4n) is 1.10. The summed E-state index contributed by atoms with van der Waals surface area (Å²) in [4.78, 5) is 4.88. The zero-order chi connectivity index (χ0) is 8.60. The summed E-state index contributed by atoms with van der Waals surface area (Å²) in [6, 6.07) is 6.86. The average Bonchev–Trinajstić information content (AvgIpc) is 2.86. The van der Waals surface area contributed by atoms with Crippen LogP contribution in [0.4, 0.5) is 0 Å². The van der Waals surface area contributed by atoms with Crippen molar-refractivity contribution in [3.8, 4) is 5.75 Å². The van der Waals surface area contributed by atoms with Crippen LogP contribution in [0.3, 0.4) is 0 Å². The molecule has 1 atom stereocenters. The average molecular weight is 167 g/mol. The second-order valence-corrected chi connectivity index (χ2v) is 2.54. The van der Waals surface area contributed by atoms with Crippen molar-refractivity contribution >= 4 is 0 Å². The molecule has 1 aliphatic rings. The lowest BCUT2D eigenvalue weighted by Gasteiger charge is -2.08. The normalized spacial score (nSPS) is 27.1. The van der Waals surface area contributed by atoms with E-state index in [2.05, 4.69) is 5.48 Å². The van der Waals surface area contributed by atoms with Crippen molar-refractivity contribution in [2.24, 2.45) is 0 Å². The van der Waals surface area contributed by atoms with E-state index in [-0.39, 0.29) is 5.75 Å². The molecule has 0 saturated carbocycles. The van der Waals surface area contributed by atoms with E-state index >= 15 is 0 Å². The van der Waals surface area contributed by atoms with Gasteiger partial charge in [-0.1, -0.05) is 12.1 Å². The van der Waals surface area contributed by atoms with Crippen LogP contribution in [0.5, 0.6) is 5.75 Å². The first-order valence-electron chi connectivity index (χ1n) is 3.57. The molecule has 0 spiro atoms. The first-order chi connectivity index (χ1) is 5.78. The number of nitrogens with one attached hydrogen (secondary N) is 1. The number of aromatic hydroxyl groups is 1. The van der Waals surface area contributed by atoms with Crippen LogP contribution in [0, 0.1) is 0 Å². The molecule has 1 saturated heterocycles. The van der Waals surface area contributed by atoms with E-state index in [9.17, 15) is 5.11 Å². The van der Waals surface area contributed by atoms with Crippen LogP contribution in [-0.2, 0) is 15.5 Å². The SMILES string of the molecule is COC1(c2ccccc2O)NO1. The Morgan fingerprint density at radius 3 is 2.67 bits per heavy atom. The number of hydrogen-bond donors (Lipinski definition) is 2. The van der Waals surface area contributed by atoms with E-state index in [0.717, 1.165) is 0 Å². The molecule has 4 heteroatoms. The van der Waals surface area contributed by atoms with Crippen molar-refractivity contribution in [1.29, 1.82) is 0 Å². The molecule has 0 bridgehead atoms. The maximum atomic E-state index is 9.42. The van der Waals surface area contributed by atoms with Gasteiger partial charge in [-0.2, -0.15) is 0 Å². The monoisotopic (exact) mass is 167 g/mol. The molecule has 1 heterocycles. The molecular formula is C8H9NO3. The number of para-hydroxylation sites is 1. The van der Waals surface area contributed by atoms with Crippen LogP contribution in [0.15, 0.2) is 24.3 Å². The fraction of sp³-hybridized carbons (Fsp3) is 0.250. The molecule has 12 heavy (non-hydrogen) atoms. The van der Waals surface area contributed by atoms with Crippen molar-refractivity contribution in [2.45, 2.75) is 5.91 Å². The van der Waals surface area contributed by atoms with E-state index < -0.39 is 5.91 Å². The van der Waals surface area contributed by atoms with Gasteiger partial charge < -0.3 is 9.84 Å². The molecule has 1 aromatic rings. The summed E-state index contributed by atoms with van der Waals surface area (Å²) in [5.41, 5.74) is 3.16. The van der Waals surface area contributed by atoms with E-state index in [1.165, 1.54) is 7.11 Å². The lowest BCUT2D eigenvalue weighted by Crippen LogP contribution is -2.14. The first-order valence-corrected chi connectivity index (χ1v) is 3.57. The van der Waals surface area contributed by atoms with E-state index in [4.69, 9.17) is 9.57 Å². The van der Waals surface area contributed by atoms with Crippen LogP contribution < -0.4 is 5.48 Å². The summed E-state index contributed by atoms with van der Waals surface area (Å²) in [5, 5.41) is 9.42. The van der Waals surface area contributed by atoms with Gasteiger partial charge in [-0.05, 0) is 12.1 Å². The molecule has 4 nitrogen and oxygen atoms in total. The summed E-state index contributed by atoms with van der Waals surface area (Å²) in [5.74, 6) is -0.768. The van der Waals surface area contributed by atoms with Gasteiger partial charge >= 0.3 is 0 Å².